The van der Waals surface area contributed by atoms with Gasteiger partial charge in [0.05, 0.1) is 6.26 Å². The molecule has 0 N–H and O–H groups in total. The molecule has 0 aliphatic rings. The summed E-state index contributed by atoms with van der Waals surface area (Å²) in [4.78, 5) is 11.1. The fraction of sp³-hybridized carbons (Fsp3) is 0.375. The first kappa shape index (κ1) is 8.34. The number of furan rings is 1. The molecule has 0 amide bonds. The van der Waals surface area contributed by atoms with Crippen molar-refractivity contribution in [2.45, 2.75) is 12.8 Å². The number of rotatable bonds is 4. The molecule has 0 bridgehead atoms. The van der Waals surface area contributed by atoms with Gasteiger partial charge in [-0.2, -0.15) is 0 Å². The highest BCUT2D eigenvalue weighted by atomic mass is 35.5. The number of carbonyl (C=O) groups is 1. The lowest BCUT2D eigenvalue weighted by atomic mass is 10.2. The molecule has 0 aliphatic heterocycles. The monoisotopic (exact) mass is 172 g/mol. The summed E-state index contributed by atoms with van der Waals surface area (Å²) in [5.74, 6) is 0.970. The topological polar surface area (TPSA) is 30.2 Å². The summed E-state index contributed by atoms with van der Waals surface area (Å²) in [5, 5.41) is 0. The number of hydrogen-bond acceptors (Lipinski definition) is 2. The standard InChI is InChI=1S/C8H9ClO2/c9-5-1-3-7(10)8-4-2-6-11-8/h2,4,6H,1,3,5H2. The van der Waals surface area contributed by atoms with Gasteiger partial charge >= 0.3 is 0 Å². The molecule has 0 radical (unpaired) electrons. The van der Waals surface area contributed by atoms with Gasteiger partial charge in [0.2, 0.25) is 0 Å². The number of halogens is 1. The van der Waals surface area contributed by atoms with Crippen molar-refractivity contribution in [3.63, 3.8) is 0 Å². The molecule has 0 atom stereocenters. The molecule has 60 valence electrons. The Labute approximate surface area is 70.2 Å². The van der Waals surface area contributed by atoms with Crippen LogP contribution in [0.4, 0.5) is 0 Å². The summed E-state index contributed by atoms with van der Waals surface area (Å²) in [6, 6.07) is 3.37. The minimum atomic E-state index is 0.0238. The number of ketones is 1. The predicted molar refractivity (Wildman–Crippen MR) is 43.0 cm³/mol. The molecule has 1 heterocycles. The van der Waals surface area contributed by atoms with Crippen LogP contribution in [0.5, 0.6) is 0 Å². The van der Waals surface area contributed by atoms with Crippen LogP contribution in [-0.4, -0.2) is 11.7 Å². The lowest BCUT2D eigenvalue weighted by Gasteiger charge is -1.92. The molecule has 1 rings (SSSR count). The maximum atomic E-state index is 11.1. The molecule has 0 saturated carbocycles. The Kier molecular flexibility index (Phi) is 3.17. The molecule has 0 aliphatic carbocycles. The van der Waals surface area contributed by atoms with Crippen molar-refractivity contribution in [3.05, 3.63) is 24.2 Å². The zero-order valence-electron chi connectivity index (χ0n) is 6.05. The number of hydrogen-bond donors (Lipinski definition) is 0. The maximum Gasteiger partial charge on any atom is 0.198 e. The molecule has 3 heteroatoms. The van der Waals surface area contributed by atoms with E-state index in [0.717, 1.165) is 0 Å². The van der Waals surface area contributed by atoms with Crippen LogP contribution in [0, 0.1) is 0 Å². The van der Waals surface area contributed by atoms with Gasteiger partial charge in [-0.15, -0.1) is 11.6 Å². The van der Waals surface area contributed by atoms with Crippen LogP contribution in [0.1, 0.15) is 23.4 Å². The molecule has 2 nitrogen and oxygen atoms in total. The van der Waals surface area contributed by atoms with E-state index in [1.165, 1.54) is 6.26 Å². The lowest BCUT2D eigenvalue weighted by Crippen LogP contribution is -1.96. The van der Waals surface area contributed by atoms with Gasteiger partial charge in [0.1, 0.15) is 0 Å². The Balaban J connectivity index is 2.43. The van der Waals surface area contributed by atoms with Gasteiger partial charge in [-0.05, 0) is 18.6 Å². The first-order chi connectivity index (χ1) is 5.34. The Morgan fingerprint density at radius 3 is 3.00 bits per heavy atom. The Bertz CT molecular complexity index is 216. The van der Waals surface area contributed by atoms with Crippen LogP contribution in [0.3, 0.4) is 0 Å². The molecular weight excluding hydrogens is 164 g/mol. The van der Waals surface area contributed by atoms with Crippen molar-refractivity contribution >= 4 is 17.4 Å². The van der Waals surface area contributed by atoms with E-state index in [1.807, 2.05) is 0 Å². The minimum Gasteiger partial charge on any atom is -0.461 e. The highest BCUT2D eigenvalue weighted by Gasteiger charge is 2.06. The first-order valence-corrected chi connectivity index (χ1v) is 4.00. The molecular formula is C8H9ClO2. The zero-order chi connectivity index (χ0) is 8.10. The van der Waals surface area contributed by atoms with E-state index in [0.29, 0.717) is 24.5 Å². The molecule has 0 saturated heterocycles. The summed E-state index contributed by atoms with van der Waals surface area (Å²) in [7, 11) is 0. The van der Waals surface area contributed by atoms with Gasteiger partial charge in [-0.25, -0.2) is 0 Å². The van der Waals surface area contributed by atoms with Gasteiger partial charge in [0.15, 0.2) is 11.5 Å². The lowest BCUT2D eigenvalue weighted by molar-refractivity contribution is 0.0955. The van der Waals surface area contributed by atoms with Crippen LogP contribution in [0.25, 0.3) is 0 Å². The molecule has 0 aromatic carbocycles. The fourth-order valence-electron chi connectivity index (χ4n) is 0.788. The van der Waals surface area contributed by atoms with Crippen molar-refractivity contribution in [1.29, 1.82) is 0 Å². The second kappa shape index (κ2) is 4.19. The molecule has 0 fully saturated rings. The maximum absolute atomic E-state index is 11.1. The molecule has 0 spiro atoms. The zero-order valence-corrected chi connectivity index (χ0v) is 6.80. The van der Waals surface area contributed by atoms with Crippen molar-refractivity contribution in [1.82, 2.24) is 0 Å². The summed E-state index contributed by atoms with van der Waals surface area (Å²) >= 11 is 5.42. The fourth-order valence-corrected chi connectivity index (χ4v) is 0.921. The average molecular weight is 173 g/mol. The summed E-state index contributed by atoms with van der Waals surface area (Å²) in [6.07, 6.45) is 2.67. The quantitative estimate of drug-likeness (QED) is 0.516. The van der Waals surface area contributed by atoms with E-state index in [4.69, 9.17) is 16.0 Å². The number of Topliss-reactive ketones (excluding diaryl/α,β-unsaturated/α-hetero) is 1. The Morgan fingerprint density at radius 2 is 2.45 bits per heavy atom. The highest BCUT2D eigenvalue weighted by molar-refractivity contribution is 6.18. The Hall–Kier alpha value is -0.760. The summed E-state index contributed by atoms with van der Waals surface area (Å²) in [5.41, 5.74) is 0. The average Bonchev–Trinajstić information content (AvgIpc) is 2.52. The number of alkyl halides is 1. The molecule has 1 aromatic rings. The smallest absolute Gasteiger partial charge is 0.198 e. The van der Waals surface area contributed by atoms with Crippen molar-refractivity contribution < 1.29 is 9.21 Å². The van der Waals surface area contributed by atoms with Crippen molar-refractivity contribution in [3.8, 4) is 0 Å². The molecule has 0 unspecified atom stereocenters. The van der Waals surface area contributed by atoms with Crippen LogP contribution >= 0.6 is 11.6 Å². The third kappa shape index (κ3) is 2.39. The second-order valence-electron chi connectivity index (χ2n) is 2.19. The normalized spacial score (nSPS) is 9.91. The highest BCUT2D eigenvalue weighted by Crippen LogP contribution is 2.05. The molecule has 1 aromatic heterocycles. The van der Waals surface area contributed by atoms with Gasteiger partial charge < -0.3 is 4.42 Å². The minimum absolute atomic E-state index is 0.0238. The van der Waals surface area contributed by atoms with E-state index >= 15 is 0 Å². The van der Waals surface area contributed by atoms with E-state index in [2.05, 4.69) is 0 Å². The summed E-state index contributed by atoms with van der Waals surface area (Å²) < 4.78 is 4.90. The van der Waals surface area contributed by atoms with Crippen LogP contribution < -0.4 is 0 Å². The van der Waals surface area contributed by atoms with Crippen molar-refractivity contribution in [2.24, 2.45) is 0 Å². The molecule has 11 heavy (non-hydrogen) atoms. The van der Waals surface area contributed by atoms with Crippen LogP contribution in [0.15, 0.2) is 22.8 Å². The van der Waals surface area contributed by atoms with E-state index in [1.54, 1.807) is 12.1 Å². The van der Waals surface area contributed by atoms with E-state index in [9.17, 15) is 4.79 Å². The van der Waals surface area contributed by atoms with E-state index in [-0.39, 0.29) is 5.78 Å². The van der Waals surface area contributed by atoms with Crippen LogP contribution in [0.2, 0.25) is 0 Å². The largest absolute Gasteiger partial charge is 0.461 e. The van der Waals surface area contributed by atoms with Gasteiger partial charge in [-0.1, -0.05) is 0 Å². The Morgan fingerprint density at radius 1 is 1.64 bits per heavy atom. The van der Waals surface area contributed by atoms with Gasteiger partial charge in [-0.3, -0.25) is 4.79 Å². The predicted octanol–water partition coefficient (Wildman–Crippen LogP) is 2.48. The summed E-state index contributed by atoms with van der Waals surface area (Å²) in [6.45, 7) is 0. The van der Waals surface area contributed by atoms with E-state index < -0.39 is 0 Å². The third-order valence-electron chi connectivity index (χ3n) is 1.33. The second-order valence-corrected chi connectivity index (χ2v) is 2.57. The first-order valence-electron chi connectivity index (χ1n) is 3.47. The third-order valence-corrected chi connectivity index (χ3v) is 1.60. The van der Waals surface area contributed by atoms with Crippen molar-refractivity contribution in [2.75, 3.05) is 5.88 Å². The number of carbonyl (C=O) groups excluding carboxylic acids is 1. The van der Waals surface area contributed by atoms with Crippen LogP contribution in [-0.2, 0) is 0 Å². The SMILES string of the molecule is O=C(CCCCl)c1ccco1. The van der Waals surface area contributed by atoms with Gasteiger partial charge in [0.25, 0.3) is 0 Å². The van der Waals surface area contributed by atoms with Gasteiger partial charge in [0, 0.05) is 12.3 Å².